The Morgan fingerprint density at radius 2 is 2.09 bits per heavy atom. The molecular formula is C16H13ClN4OS. The maximum absolute atomic E-state index is 6.04. The minimum atomic E-state index is 0.395. The molecule has 0 spiro atoms. The van der Waals surface area contributed by atoms with Crippen molar-refractivity contribution < 1.29 is 4.74 Å². The van der Waals surface area contributed by atoms with Crippen molar-refractivity contribution in [1.82, 2.24) is 14.9 Å². The van der Waals surface area contributed by atoms with Gasteiger partial charge in [-0.3, -0.25) is 0 Å². The van der Waals surface area contributed by atoms with Crippen LogP contribution in [0.15, 0.2) is 53.6 Å². The molecule has 0 bridgehead atoms. The highest BCUT2D eigenvalue weighted by atomic mass is 35.5. The Bertz CT molecular complexity index is 916. The van der Waals surface area contributed by atoms with E-state index >= 15 is 0 Å². The van der Waals surface area contributed by atoms with E-state index in [0.29, 0.717) is 15.6 Å². The maximum atomic E-state index is 6.04. The molecule has 0 unspecified atom stereocenters. The number of rotatable bonds is 4. The minimum absolute atomic E-state index is 0.395. The van der Waals surface area contributed by atoms with Gasteiger partial charge < -0.3 is 4.74 Å². The molecular weight excluding hydrogens is 332 g/mol. The van der Waals surface area contributed by atoms with E-state index in [1.54, 1.807) is 24.1 Å². The summed E-state index contributed by atoms with van der Waals surface area (Å²) < 4.78 is 7.25. The van der Waals surface area contributed by atoms with Gasteiger partial charge in [0.05, 0.1) is 13.3 Å². The molecule has 0 radical (unpaired) electrons. The number of para-hydroxylation sites is 1. The van der Waals surface area contributed by atoms with E-state index in [2.05, 4.69) is 15.3 Å². The molecule has 0 amide bonds. The Balaban J connectivity index is 2.03. The fourth-order valence-electron chi connectivity index (χ4n) is 2.11. The van der Waals surface area contributed by atoms with Crippen LogP contribution < -0.4 is 4.74 Å². The van der Waals surface area contributed by atoms with Crippen LogP contribution in [0.4, 0.5) is 0 Å². The van der Waals surface area contributed by atoms with Crippen LogP contribution in [0.25, 0.3) is 11.4 Å². The molecule has 0 atom stereocenters. The zero-order chi connectivity index (χ0) is 16.2. The number of methoxy groups -OCH3 is 1. The van der Waals surface area contributed by atoms with Crippen molar-refractivity contribution >= 4 is 30.0 Å². The maximum Gasteiger partial charge on any atom is 0.216 e. The van der Waals surface area contributed by atoms with Crippen molar-refractivity contribution in [1.29, 1.82) is 0 Å². The van der Waals surface area contributed by atoms with Crippen LogP contribution in [0.5, 0.6) is 5.75 Å². The summed E-state index contributed by atoms with van der Waals surface area (Å²) in [5.74, 6) is 1.32. The lowest BCUT2D eigenvalue weighted by Gasteiger charge is -2.04. The van der Waals surface area contributed by atoms with Crippen LogP contribution in [0, 0.1) is 4.77 Å². The van der Waals surface area contributed by atoms with Gasteiger partial charge in [0, 0.05) is 16.1 Å². The molecule has 2 aromatic carbocycles. The summed E-state index contributed by atoms with van der Waals surface area (Å²) in [6.45, 7) is 0. The number of hydrogen-bond acceptors (Lipinski definition) is 4. The molecule has 3 aromatic rings. The van der Waals surface area contributed by atoms with Gasteiger partial charge in [-0.15, -0.1) is 0 Å². The van der Waals surface area contributed by atoms with Gasteiger partial charge in [-0.05, 0) is 36.5 Å². The fraction of sp³-hybridized carbons (Fsp3) is 0.0625. The van der Waals surface area contributed by atoms with Gasteiger partial charge in [0.1, 0.15) is 5.75 Å². The van der Waals surface area contributed by atoms with E-state index in [1.165, 1.54) is 0 Å². The fourth-order valence-corrected chi connectivity index (χ4v) is 2.48. The Morgan fingerprint density at radius 1 is 1.26 bits per heavy atom. The first-order chi connectivity index (χ1) is 11.2. The summed E-state index contributed by atoms with van der Waals surface area (Å²) in [7, 11) is 1.62. The molecule has 23 heavy (non-hydrogen) atoms. The third-order valence-electron chi connectivity index (χ3n) is 3.18. The molecule has 0 saturated heterocycles. The first-order valence-electron chi connectivity index (χ1n) is 6.80. The second-order valence-electron chi connectivity index (χ2n) is 4.66. The van der Waals surface area contributed by atoms with Gasteiger partial charge in [-0.2, -0.15) is 14.9 Å². The smallest absolute Gasteiger partial charge is 0.216 e. The SMILES string of the molecule is COc1ccccc1/C=N/n1c(-c2cccc(Cl)c2)n[nH]c1=S. The zero-order valence-electron chi connectivity index (χ0n) is 12.2. The quantitative estimate of drug-likeness (QED) is 0.571. The Labute approximate surface area is 143 Å². The number of H-pyrrole nitrogens is 1. The molecule has 5 nitrogen and oxygen atoms in total. The van der Waals surface area contributed by atoms with Gasteiger partial charge in [0.2, 0.25) is 4.77 Å². The number of halogens is 1. The van der Waals surface area contributed by atoms with E-state index in [9.17, 15) is 0 Å². The van der Waals surface area contributed by atoms with Crippen molar-refractivity contribution in [3.63, 3.8) is 0 Å². The van der Waals surface area contributed by atoms with E-state index in [4.69, 9.17) is 28.6 Å². The van der Waals surface area contributed by atoms with Gasteiger partial charge >= 0.3 is 0 Å². The van der Waals surface area contributed by atoms with Crippen LogP contribution in [-0.2, 0) is 0 Å². The summed E-state index contributed by atoms with van der Waals surface area (Å²) in [4.78, 5) is 0. The monoisotopic (exact) mass is 344 g/mol. The Hall–Kier alpha value is -2.44. The average Bonchev–Trinajstić information content (AvgIpc) is 2.94. The van der Waals surface area contributed by atoms with Gasteiger partial charge in [0.15, 0.2) is 5.82 Å². The summed E-state index contributed by atoms with van der Waals surface area (Å²) in [6, 6.07) is 14.9. The number of aromatic nitrogens is 3. The molecule has 1 N–H and O–H groups in total. The molecule has 0 aliphatic heterocycles. The summed E-state index contributed by atoms with van der Waals surface area (Å²) in [5.41, 5.74) is 1.66. The van der Waals surface area contributed by atoms with Crippen LogP contribution in [0.1, 0.15) is 5.56 Å². The van der Waals surface area contributed by atoms with Gasteiger partial charge in [-0.1, -0.05) is 35.9 Å². The molecule has 7 heteroatoms. The van der Waals surface area contributed by atoms with Crippen LogP contribution in [0.3, 0.4) is 0 Å². The zero-order valence-corrected chi connectivity index (χ0v) is 13.8. The van der Waals surface area contributed by atoms with Gasteiger partial charge in [-0.25, -0.2) is 5.10 Å². The standard InChI is InChI=1S/C16H13ClN4OS/c1-22-14-8-3-2-5-12(14)10-18-21-15(19-20-16(21)23)11-6-4-7-13(17)9-11/h2-10H,1H3,(H,20,23)/b18-10+. The second-order valence-corrected chi connectivity index (χ2v) is 5.48. The number of nitrogens with zero attached hydrogens (tertiary/aromatic N) is 3. The highest BCUT2D eigenvalue weighted by Gasteiger charge is 2.08. The second kappa shape index (κ2) is 6.76. The highest BCUT2D eigenvalue weighted by Crippen LogP contribution is 2.21. The molecule has 1 aromatic heterocycles. The van der Waals surface area contributed by atoms with E-state index in [1.807, 2.05) is 42.5 Å². The van der Waals surface area contributed by atoms with Crippen molar-refractivity contribution in [3.05, 3.63) is 63.9 Å². The largest absolute Gasteiger partial charge is 0.496 e. The van der Waals surface area contributed by atoms with Crippen LogP contribution >= 0.6 is 23.8 Å². The number of hydrogen-bond donors (Lipinski definition) is 1. The van der Waals surface area contributed by atoms with E-state index < -0.39 is 0 Å². The summed E-state index contributed by atoms with van der Waals surface area (Å²) in [5, 5.41) is 12.0. The molecule has 0 aliphatic rings. The Kier molecular flexibility index (Phi) is 4.55. The van der Waals surface area contributed by atoms with Crippen molar-refractivity contribution in [2.45, 2.75) is 0 Å². The van der Waals surface area contributed by atoms with Crippen LogP contribution in [-0.4, -0.2) is 28.2 Å². The number of ether oxygens (including phenoxy) is 1. The third kappa shape index (κ3) is 3.33. The van der Waals surface area contributed by atoms with E-state index in [0.717, 1.165) is 16.9 Å². The third-order valence-corrected chi connectivity index (χ3v) is 3.68. The summed E-state index contributed by atoms with van der Waals surface area (Å²) in [6.07, 6.45) is 1.68. The van der Waals surface area contributed by atoms with Gasteiger partial charge in [0.25, 0.3) is 0 Å². The molecule has 0 fully saturated rings. The molecule has 0 saturated carbocycles. The lowest BCUT2D eigenvalue weighted by molar-refractivity contribution is 0.414. The predicted molar refractivity (Wildman–Crippen MR) is 93.8 cm³/mol. The lowest BCUT2D eigenvalue weighted by Crippen LogP contribution is -1.96. The molecule has 116 valence electrons. The van der Waals surface area contributed by atoms with Crippen LogP contribution in [0.2, 0.25) is 5.02 Å². The highest BCUT2D eigenvalue weighted by molar-refractivity contribution is 7.71. The number of nitrogens with one attached hydrogen (secondary N) is 1. The van der Waals surface area contributed by atoms with E-state index in [-0.39, 0.29) is 0 Å². The molecule has 0 aliphatic carbocycles. The van der Waals surface area contributed by atoms with Crippen molar-refractivity contribution in [2.75, 3.05) is 7.11 Å². The first kappa shape index (κ1) is 15.5. The molecule has 3 rings (SSSR count). The van der Waals surface area contributed by atoms with Crippen molar-refractivity contribution in [2.24, 2.45) is 5.10 Å². The van der Waals surface area contributed by atoms with Crippen molar-refractivity contribution in [3.8, 4) is 17.1 Å². The predicted octanol–water partition coefficient (Wildman–Crippen LogP) is 4.15. The molecule has 1 heterocycles. The Morgan fingerprint density at radius 3 is 2.87 bits per heavy atom. The summed E-state index contributed by atoms with van der Waals surface area (Å²) >= 11 is 11.3. The average molecular weight is 345 g/mol. The lowest BCUT2D eigenvalue weighted by atomic mass is 10.2. The normalized spacial score (nSPS) is 11.0. The first-order valence-corrected chi connectivity index (χ1v) is 7.58. The topological polar surface area (TPSA) is 55.2 Å². The minimum Gasteiger partial charge on any atom is -0.496 e. The number of aromatic amines is 1. The number of benzene rings is 2.